The zero-order valence-corrected chi connectivity index (χ0v) is 10.1. The largest absolute Gasteiger partial charge is 0.508 e. The van der Waals surface area contributed by atoms with E-state index in [2.05, 4.69) is 17.1 Å². The van der Waals surface area contributed by atoms with Crippen LogP contribution >= 0.6 is 0 Å². The smallest absolute Gasteiger partial charge is 0.131 e. The Morgan fingerprint density at radius 2 is 2.12 bits per heavy atom. The summed E-state index contributed by atoms with van der Waals surface area (Å²) < 4.78 is 13.8. The molecule has 2 N–H and O–H groups in total. The van der Waals surface area contributed by atoms with Gasteiger partial charge in [0.1, 0.15) is 11.6 Å². The van der Waals surface area contributed by atoms with Gasteiger partial charge < -0.3 is 10.4 Å². The Balaban J connectivity index is 2.21. The maximum absolute atomic E-state index is 13.8. The van der Waals surface area contributed by atoms with Crippen molar-refractivity contribution in [1.82, 2.24) is 10.2 Å². The second kappa shape index (κ2) is 5.47. The van der Waals surface area contributed by atoms with E-state index >= 15 is 0 Å². The quantitative estimate of drug-likeness (QED) is 0.844. The summed E-state index contributed by atoms with van der Waals surface area (Å²) in [5.74, 6) is -0.322. The van der Waals surface area contributed by atoms with E-state index in [1.54, 1.807) is 12.1 Å². The minimum atomic E-state index is -0.310. The van der Waals surface area contributed by atoms with E-state index in [0.29, 0.717) is 5.56 Å². The molecule has 1 aliphatic rings. The fraction of sp³-hybridized carbons (Fsp3) is 0.538. The normalized spacial score (nSPS) is 19.2. The molecule has 0 spiro atoms. The van der Waals surface area contributed by atoms with Crippen LogP contribution in [-0.4, -0.2) is 36.2 Å². The molecule has 1 fully saturated rings. The number of nitrogens with one attached hydrogen (secondary N) is 1. The first-order valence-corrected chi connectivity index (χ1v) is 6.15. The molecule has 1 saturated heterocycles. The van der Waals surface area contributed by atoms with Gasteiger partial charge in [-0.1, -0.05) is 13.0 Å². The van der Waals surface area contributed by atoms with Crippen LogP contribution in [0.2, 0.25) is 0 Å². The lowest BCUT2D eigenvalue weighted by Crippen LogP contribution is -2.45. The Kier molecular flexibility index (Phi) is 3.97. The molecular weight excluding hydrogens is 219 g/mol. The number of phenols is 1. The lowest BCUT2D eigenvalue weighted by Gasteiger charge is -2.34. The van der Waals surface area contributed by atoms with Gasteiger partial charge in [0.25, 0.3) is 0 Å². The fourth-order valence-corrected chi connectivity index (χ4v) is 2.45. The molecule has 1 atom stereocenters. The highest BCUT2D eigenvalue weighted by Gasteiger charge is 2.22. The van der Waals surface area contributed by atoms with Crippen LogP contribution in [0.15, 0.2) is 18.2 Å². The zero-order valence-electron chi connectivity index (χ0n) is 10.1. The van der Waals surface area contributed by atoms with Crippen LogP contribution in [0.5, 0.6) is 5.75 Å². The number of halogens is 1. The molecule has 1 aliphatic heterocycles. The molecule has 94 valence electrons. The van der Waals surface area contributed by atoms with Crippen molar-refractivity contribution >= 4 is 0 Å². The maximum Gasteiger partial charge on any atom is 0.131 e. The molecule has 0 saturated carbocycles. The molecule has 17 heavy (non-hydrogen) atoms. The standard InChI is InChI=1S/C13H19FN2O/c1-2-13(16-7-5-15-6-8-16)11-4-3-10(17)9-12(11)14/h3-4,9,13,15,17H,2,5-8H2,1H3/t13-/m1/s1. The van der Waals surface area contributed by atoms with E-state index in [1.165, 1.54) is 6.07 Å². The van der Waals surface area contributed by atoms with E-state index in [1.807, 2.05) is 0 Å². The molecule has 1 aromatic carbocycles. The number of phenolic OH excluding ortho intramolecular Hbond substituents is 1. The maximum atomic E-state index is 13.8. The average molecular weight is 238 g/mol. The molecule has 4 heteroatoms. The van der Waals surface area contributed by atoms with E-state index in [-0.39, 0.29) is 17.6 Å². The lowest BCUT2D eigenvalue weighted by atomic mass is 10.0. The van der Waals surface area contributed by atoms with Crippen molar-refractivity contribution in [2.45, 2.75) is 19.4 Å². The molecule has 0 amide bonds. The number of hydrogen-bond donors (Lipinski definition) is 2. The number of rotatable bonds is 3. The Morgan fingerprint density at radius 1 is 1.41 bits per heavy atom. The highest BCUT2D eigenvalue weighted by atomic mass is 19.1. The lowest BCUT2D eigenvalue weighted by molar-refractivity contribution is 0.166. The Hall–Kier alpha value is -1.13. The van der Waals surface area contributed by atoms with Crippen molar-refractivity contribution < 1.29 is 9.50 Å². The van der Waals surface area contributed by atoms with Gasteiger partial charge in [0.05, 0.1) is 0 Å². The van der Waals surface area contributed by atoms with Crippen molar-refractivity contribution in [3.63, 3.8) is 0 Å². The summed E-state index contributed by atoms with van der Waals surface area (Å²) in [6, 6.07) is 4.56. The first-order valence-electron chi connectivity index (χ1n) is 6.15. The highest BCUT2D eigenvalue weighted by Crippen LogP contribution is 2.28. The second-order valence-corrected chi connectivity index (χ2v) is 4.42. The molecular formula is C13H19FN2O. The van der Waals surface area contributed by atoms with Gasteiger partial charge in [-0.15, -0.1) is 0 Å². The van der Waals surface area contributed by atoms with Gasteiger partial charge in [-0.2, -0.15) is 0 Å². The van der Waals surface area contributed by atoms with Crippen LogP contribution in [0.3, 0.4) is 0 Å². The van der Waals surface area contributed by atoms with Crippen molar-refractivity contribution in [3.05, 3.63) is 29.6 Å². The Labute approximate surface area is 101 Å². The minimum Gasteiger partial charge on any atom is -0.508 e. The van der Waals surface area contributed by atoms with E-state index in [0.717, 1.165) is 32.6 Å². The molecule has 1 heterocycles. The number of aromatic hydroxyl groups is 1. The molecule has 0 aromatic heterocycles. The summed E-state index contributed by atoms with van der Waals surface area (Å²) >= 11 is 0. The second-order valence-electron chi connectivity index (χ2n) is 4.42. The highest BCUT2D eigenvalue weighted by molar-refractivity contribution is 5.30. The summed E-state index contributed by atoms with van der Waals surface area (Å²) in [6.07, 6.45) is 0.877. The summed E-state index contributed by atoms with van der Waals surface area (Å²) in [7, 11) is 0. The van der Waals surface area contributed by atoms with Crippen molar-refractivity contribution in [2.24, 2.45) is 0 Å². The molecule has 0 bridgehead atoms. The van der Waals surface area contributed by atoms with Gasteiger partial charge in [-0.05, 0) is 12.5 Å². The summed E-state index contributed by atoms with van der Waals surface area (Å²) in [5, 5.41) is 12.5. The monoisotopic (exact) mass is 238 g/mol. The Bertz CT molecular complexity index is 378. The SMILES string of the molecule is CC[C@H](c1ccc(O)cc1F)N1CCNCC1. The predicted molar refractivity (Wildman–Crippen MR) is 65.5 cm³/mol. The van der Waals surface area contributed by atoms with E-state index in [9.17, 15) is 9.50 Å². The van der Waals surface area contributed by atoms with Gasteiger partial charge in [-0.25, -0.2) is 4.39 Å². The molecule has 0 unspecified atom stereocenters. The number of benzene rings is 1. The third-order valence-electron chi connectivity index (χ3n) is 3.32. The number of piperazine rings is 1. The van der Waals surface area contributed by atoms with Crippen LogP contribution in [0, 0.1) is 5.82 Å². The third-order valence-corrected chi connectivity index (χ3v) is 3.32. The first-order chi connectivity index (χ1) is 8.22. The zero-order chi connectivity index (χ0) is 12.3. The van der Waals surface area contributed by atoms with Gasteiger partial charge in [0, 0.05) is 43.9 Å². The van der Waals surface area contributed by atoms with Gasteiger partial charge >= 0.3 is 0 Å². The number of nitrogens with zero attached hydrogens (tertiary/aromatic N) is 1. The van der Waals surface area contributed by atoms with Crippen LogP contribution in [0.4, 0.5) is 4.39 Å². The predicted octanol–water partition coefficient (Wildman–Crippen LogP) is 1.89. The molecule has 0 radical (unpaired) electrons. The summed E-state index contributed by atoms with van der Waals surface area (Å²) in [5.41, 5.74) is 0.687. The first kappa shape index (κ1) is 12.3. The van der Waals surface area contributed by atoms with E-state index < -0.39 is 0 Å². The van der Waals surface area contributed by atoms with Crippen LogP contribution in [0.1, 0.15) is 24.9 Å². The molecule has 1 aromatic rings. The fourth-order valence-electron chi connectivity index (χ4n) is 2.45. The van der Waals surface area contributed by atoms with Gasteiger partial charge in [0.15, 0.2) is 0 Å². The van der Waals surface area contributed by atoms with Gasteiger partial charge in [0.2, 0.25) is 0 Å². The van der Waals surface area contributed by atoms with Crippen molar-refractivity contribution in [1.29, 1.82) is 0 Å². The third kappa shape index (κ3) is 2.76. The Morgan fingerprint density at radius 3 is 2.71 bits per heavy atom. The molecule has 2 rings (SSSR count). The average Bonchev–Trinajstić information content (AvgIpc) is 2.34. The van der Waals surface area contributed by atoms with E-state index in [4.69, 9.17) is 0 Å². The molecule has 0 aliphatic carbocycles. The summed E-state index contributed by atoms with van der Waals surface area (Å²) in [4.78, 5) is 2.30. The van der Waals surface area contributed by atoms with Crippen LogP contribution < -0.4 is 5.32 Å². The van der Waals surface area contributed by atoms with Crippen molar-refractivity contribution in [2.75, 3.05) is 26.2 Å². The van der Waals surface area contributed by atoms with Crippen LogP contribution in [-0.2, 0) is 0 Å². The minimum absolute atomic E-state index is 0.0126. The van der Waals surface area contributed by atoms with Crippen molar-refractivity contribution in [3.8, 4) is 5.75 Å². The number of hydrogen-bond acceptors (Lipinski definition) is 3. The molecule has 3 nitrogen and oxygen atoms in total. The summed E-state index contributed by atoms with van der Waals surface area (Å²) in [6.45, 7) is 5.86. The van der Waals surface area contributed by atoms with Crippen LogP contribution in [0.25, 0.3) is 0 Å². The topological polar surface area (TPSA) is 35.5 Å². The van der Waals surface area contributed by atoms with Gasteiger partial charge in [-0.3, -0.25) is 4.90 Å².